The Hall–Kier alpha value is -1.66. The number of non-ortho nitro benzene ring substituents is 1. The van der Waals surface area contributed by atoms with Gasteiger partial charge in [0, 0.05) is 19.2 Å². The molecule has 2 unspecified atom stereocenters. The first-order chi connectivity index (χ1) is 9.49. The molecule has 1 aliphatic heterocycles. The summed E-state index contributed by atoms with van der Waals surface area (Å²) >= 11 is 0. The van der Waals surface area contributed by atoms with Crippen molar-refractivity contribution in [3.63, 3.8) is 0 Å². The molecule has 110 valence electrons. The number of likely N-dealkylation sites (tertiary alicyclic amines) is 1. The van der Waals surface area contributed by atoms with Crippen molar-refractivity contribution in [3.05, 3.63) is 33.9 Å². The Morgan fingerprint density at radius 2 is 2.30 bits per heavy atom. The average molecular weight is 280 g/mol. The lowest BCUT2D eigenvalue weighted by Crippen LogP contribution is -2.24. The van der Waals surface area contributed by atoms with Crippen LogP contribution in [0.2, 0.25) is 0 Å². The van der Waals surface area contributed by atoms with Crippen LogP contribution in [-0.4, -0.2) is 41.2 Å². The Balaban J connectivity index is 2.09. The molecule has 1 aliphatic rings. The summed E-state index contributed by atoms with van der Waals surface area (Å²) in [6.45, 7) is 4.18. The van der Waals surface area contributed by atoms with Gasteiger partial charge in [0.1, 0.15) is 5.75 Å². The fraction of sp³-hybridized carbons (Fsp3) is 0.571. The van der Waals surface area contributed by atoms with Gasteiger partial charge in [0.05, 0.1) is 24.2 Å². The van der Waals surface area contributed by atoms with Gasteiger partial charge in [-0.1, -0.05) is 0 Å². The van der Waals surface area contributed by atoms with Crippen molar-refractivity contribution in [2.45, 2.75) is 26.0 Å². The molecule has 0 bridgehead atoms. The molecule has 6 heteroatoms. The second-order valence-electron chi connectivity index (χ2n) is 5.32. The van der Waals surface area contributed by atoms with Gasteiger partial charge in [-0.2, -0.15) is 0 Å². The molecule has 0 radical (unpaired) electrons. The molecule has 0 spiro atoms. The number of hydrogen-bond donors (Lipinski definition) is 1. The van der Waals surface area contributed by atoms with Crippen LogP contribution in [0, 0.1) is 16.0 Å². The zero-order chi connectivity index (χ0) is 14.7. The molecule has 2 rings (SSSR count). The van der Waals surface area contributed by atoms with E-state index < -0.39 is 4.92 Å². The Labute approximate surface area is 118 Å². The third-order valence-electron chi connectivity index (χ3n) is 3.79. The lowest BCUT2D eigenvalue weighted by Gasteiger charge is -2.17. The molecule has 0 aliphatic carbocycles. The van der Waals surface area contributed by atoms with Crippen LogP contribution < -0.4 is 4.74 Å². The Kier molecular flexibility index (Phi) is 4.57. The van der Waals surface area contributed by atoms with Crippen molar-refractivity contribution in [3.8, 4) is 5.75 Å². The summed E-state index contributed by atoms with van der Waals surface area (Å²) in [5.41, 5.74) is 0.910. The molecule has 6 nitrogen and oxygen atoms in total. The number of ether oxygens (including phenoxy) is 1. The van der Waals surface area contributed by atoms with Crippen molar-refractivity contribution in [1.82, 2.24) is 4.90 Å². The van der Waals surface area contributed by atoms with Gasteiger partial charge in [-0.3, -0.25) is 15.0 Å². The van der Waals surface area contributed by atoms with E-state index in [1.54, 1.807) is 6.07 Å². The van der Waals surface area contributed by atoms with Gasteiger partial charge in [-0.05, 0) is 37.4 Å². The second kappa shape index (κ2) is 6.19. The minimum Gasteiger partial charge on any atom is -0.496 e. The maximum atomic E-state index is 10.9. The van der Waals surface area contributed by atoms with Crippen LogP contribution in [-0.2, 0) is 6.54 Å². The number of aliphatic hydroxyl groups is 1. The van der Waals surface area contributed by atoms with Gasteiger partial charge in [-0.15, -0.1) is 0 Å². The summed E-state index contributed by atoms with van der Waals surface area (Å²) < 4.78 is 5.11. The standard InChI is InChI=1S/C14H20N2O4/c1-10(17)12-3-4-15(9-12)8-11-5-13(16(18)19)7-14(6-11)20-2/h5-7,10,12,17H,3-4,8-9H2,1-2H3. The Bertz CT molecular complexity index is 490. The van der Waals surface area contributed by atoms with Crippen LogP contribution in [0.15, 0.2) is 18.2 Å². The number of aliphatic hydroxyl groups excluding tert-OH is 1. The van der Waals surface area contributed by atoms with E-state index in [4.69, 9.17) is 4.74 Å². The highest BCUT2D eigenvalue weighted by Crippen LogP contribution is 2.26. The lowest BCUT2D eigenvalue weighted by molar-refractivity contribution is -0.385. The van der Waals surface area contributed by atoms with E-state index >= 15 is 0 Å². The van der Waals surface area contributed by atoms with Crippen molar-refractivity contribution in [2.24, 2.45) is 5.92 Å². The molecule has 0 aromatic heterocycles. The minimum absolute atomic E-state index is 0.0469. The number of nitrogens with zero attached hydrogens (tertiary/aromatic N) is 2. The Morgan fingerprint density at radius 1 is 1.55 bits per heavy atom. The third-order valence-corrected chi connectivity index (χ3v) is 3.79. The molecule has 1 saturated heterocycles. The highest BCUT2D eigenvalue weighted by molar-refractivity contribution is 5.42. The quantitative estimate of drug-likeness (QED) is 0.657. The number of rotatable bonds is 5. The molecule has 1 heterocycles. The topological polar surface area (TPSA) is 75.8 Å². The zero-order valence-corrected chi connectivity index (χ0v) is 11.8. The highest BCUT2D eigenvalue weighted by atomic mass is 16.6. The monoisotopic (exact) mass is 280 g/mol. The van der Waals surface area contributed by atoms with Crippen LogP contribution in [0.1, 0.15) is 18.9 Å². The summed E-state index contributed by atoms with van der Waals surface area (Å²) in [5, 5.41) is 20.5. The van der Waals surface area contributed by atoms with Crippen LogP contribution in [0.3, 0.4) is 0 Å². The number of hydrogen-bond acceptors (Lipinski definition) is 5. The van der Waals surface area contributed by atoms with E-state index in [0.29, 0.717) is 12.3 Å². The fourth-order valence-electron chi connectivity index (χ4n) is 2.62. The van der Waals surface area contributed by atoms with Gasteiger partial charge >= 0.3 is 0 Å². The van der Waals surface area contributed by atoms with Gasteiger partial charge in [0.2, 0.25) is 0 Å². The third kappa shape index (κ3) is 3.46. The summed E-state index contributed by atoms with van der Waals surface area (Å²) in [6, 6.07) is 4.83. The van der Waals surface area contributed by atoms with Gasteiger partial charge < -0.3 is 9.84 Å². The van der Waals surface area contributed by atoms with Crippen LogP contribution >= 0.6 is 0 Å². The van der Waals surface area contributed by atoms with E-state index in [0.717, 1.165) is 25.1 Å². The molecule has 0 saturated carbocycles. The zero-order valence-electron chi connectivity index (χ0n) is 11.8. The highest BCUT2D eigenvalue weighted by Gasteiger charge is 2.26. The molecular formula is C14H20N2O4. The molecule has 0 amide bonds. The van der Waals surface area contributed by atoms with E-state index in [-0.39, 0.29) is 17.7 Å². The molecule has 1 N–H and O–H groups in total. The molecule has 2 atom stereocenters. The van der Waals surface area contributed by atoms with Crippen molar-refractivity contribution in [2.75, 3.05) is 20.2 Å². The normalized spacial score (nSPS) is 20.9. The SMILES string of the molecule is COc1cc(CN2CCC(C(C)O)C2)cc([N+](=O)[O-])c1. The molecular weight excluding hydrogens is 260 g/mol. The number of nitro groups is 1. The predicted molar refractivity (Wildman–Crippen MR) is 74.7 cm³/mol. The lowest BCUT2D eigenvalue weighted by atomic mass is 10.0. The smallest absolute Gasteiger partial charge is 0.273 e. The maximum Gasteiger partial charge on any atom is 0.273 e. The summed E-state index contributed by atoms with van der Waals surface area (Å²) in [5.74, 6) is 0.788. The van der Waals surface area contributed by atoms with Gasteiger partial charge in [0.25, 0.3) is 5.69 Å². The van der Waals surface area contributed by atoms with Gasteiger partial charge in [-0.25, -0.2) is 0 Å². The van der Waals surface area contributed by atoms with Gasteiger partial charge in [0.15, 0.2) is 0 Å². The predicted octanol–water partition coefficient (Wildman–Crippen LogP) is 1.81. The first kappa shape index (κ1) is 14.7. The van der Waals surface area contributed by atoms with E-state index in [1.807, 2.05) is 13.0 Å². The average Bonchev–Trinajstić information content (AvgIpc) is 2.87. The number of methoxy groups -OCH3 is 1. The maximum absolute atomic E-state index is 10.9. The van der Waals surface area contributed by atoms with E-state index in [1.165, 1.54) is 13.2 Å². The molecule has 1 fully saturated rings. The first-order valence-electron chi connectivity index (χ1n) is 6.72. The second-order valence-corrected chi connectivity index (χ2v) is 5.32. The minimum atomic E-state index is -0.408. The van der Waals surface area contributed by atoms with Crippen LogP contribution in [0.4, 0.5) is 5.69 Å². The van der Waals surface area contributed by atoms with Crippen LogP contribution in [0.25, 0.3) is 0 Å². The largest absolute Gasteiger partial charge is 0.496 e. The molecule has 20 heavy (non-hydrogen) atoms. The Morgan fingerprint density at radius 3 is 2.85 bits per heavy atom. The van der Waals surface area contributed by atoms with Crippen molar-refractivity contribution >= 4 is 5.69 Å². The molecule has 1 aromatic carbocycles. The number of nitro benzene ring substituents is 1. The summed E-state index contributed by atoms with van der Waals surface area (Å²) in [7, 11) is 1.50. The van der Waals surface area contributed by atoms with Crippen LogP contribution in [0.5, 0.6) is 5.75 Å². The number of benzene rings is 1. The first-order valence-corrected chi connectivity index (χ1v) is 6.72. The summed E-state index contributed by atoms with van der Waals surface area (Å²) in [6.07, 6.45) is 0.656. The van der Waals surface area contributed by atoms with E-state index in [9.17, 15) is 15.2 Å². The van der Waals surface area contributed by atoms with Crippen molar-refractivity contribution < 1.29 is 14.8 Å². The summed E-state index contributed by atoms with van der Waals surface area (Å²) in [4.78, 5) is 12.7. The molecule has 1 aromatic rings. The fourth-order valence-corrected chi connectivity index (χ4v) is 2.62. The van der Waals surface area contributed by atoms with E-state index in [2.05, 4.69) is 4.90 Å². The van der Waals surface area contributed by atoms with Crippen molar-refractivity contribution in [1.29, 1.82) is 0 Å².